The molecular formula is C20H36N4O2. The lowest BCUT2D eigenvalue weighted by Crippen LogP contribution is -2.18. The highest BCUT2D eigenvalue weighted by molar-refractivity contribution is 5.20. The summed E-state index contributed by atoms with van der Waals surface area (Å²) in [6, 6.07) is 0. The van der Waals surface area contributed by atoms with Crippen LogP contribution >= 0.6 is 0 Å². The van der Waals surface area contributed by atoms with Crippen LogP contribution in [-0.2, 0) is 0 Å². The Morgan fingerprint density at radius 2 is 0.923 bits per heavy atom. The van der Waals surface area contributed by atoms with E-state index in [1.54, 1.807) is 13.8 Å². The highest BCUT2D eigenvalue weighted by Gasteiger charge is 2.10. The number of nitrogens with one attached hydrogen (secondary N) is 2. The van der Waals surface area contributed by atoms with Crippen molar-refractivity contribution < 1.29 is 0 Å². The van der Waals surface area contributed by atoms with Crippen LogP contribution in [0.4, 0.5) is 0 Å². The van der Waals surface area contributed by atoms with Crippen molar-refractivity contribution in [2.45, 2.75) is 82.1 Å². The zero-order valence-corrected chi connectivity index (χ0v) is 15.9. The quantitative estimate of drug-likeness (QED) is 0.831. The fraction of sp³-hybridized carbons (Fsp3) is 0.600. The molecule has 2 aromatic heterocycles. The fourth-order valence-electron chi connectivity index (χ4n) is 2.83. The van der Waals surface area contributed by atoms with Crippen molar-refractivity contribution in [3.8, 4) is 0 Å². The van der Waals surface area contributed by atoms with Crippen molar-refractivity contribution in [1.29, 1.82) is 0 Å². The fourth-order valence-corrected chi connectivity index (χ4v) is 2.83. The molecule has 0 atom stereocenters. The summed E-state index contributed by atoms with van der Waals surface area (Å²) in [5.74, 6) is 1.84. The third-order valence-corrected chi connectivity index (χ3v) is 3.68. The molecule has 2 rings (SSSR count). The lowest BCUT2D eigenvalue weighted by Gasteiger charge is -2.07. The third-order valence-electron chi connectivity index (χ3n) is 3.68. The molecule has 6 nitrogen and oxygen atoms in total. The van der Waals surface area contributed by atoms with E-state index in [0.717, 1.165) is 22.5 Å². The molecular weight excluding hydrogens is 328 g/mol. The van der Waals surface area contributed by atoms with E-state index < -0.39 is 0 Å². The van der Waals surface area contributed by atoms with Gasteiger partial charge in [-0.05, 0) is 39.5 Å². The maximum atomic E-state index is 11.4. The number of aryl methyl sites for hydroxylation is 4. The van der Waals surface area contributed by atoms with Crippen LogP contribution in [0.15, 0.2) is 9.59 Å². The van der Waals surface area contributed by atoms with Crippen LogP contribution in [0, 0.1) is 27.7 Å². The van der Waals surface area contributed by atoms with Gasteiger partial charge >= 0.3 is 0 Å². The normalized spacial score (nSPS) is 9.92. The summed E-state index contributed by atoms with van der Waals surface area (Å²) in [5, 5.41) is 0. The second-order valence-corrected chi connectivity index (χ2v) is 6.61. The summed E-state index contributed by atoms with van der Waals surface area (Å²) < 4.78 is 0. The van der Waals surface area contributed by atoms with Gasteiger partial charge in [0.2, 0.25) is 0 Å². The average molecular weight is 365 g/mol. The molecule has 0 amide bonds. The minimum absolute atomic E-state index is 0. The molecule has 148 valence electrons. The first kappa shape index (κ1) is 26.0. The second kappa shape index (κ2) is 10.7. The Hall–Kier alpha value is -2.24. The smallest absolute Gasteiger partial charge is 0.254 e. The van der Waals surface area contributed by atoms with E-state index in [9.17, 15) is 9.59 Å². The molecule has 0 saturated carbocycles. The minimum atomic E-state index is -0.00463. The van der Waals surface area contributed by atoms with Crippen LogP contribution in [0.5, 0.6) is 0 Å². The standard InChI is InChI=1S/2C9H14N2O.2CH4/c2*1-5(2)8-6(3)10-7(4)11-9(8)12;;/h2*5H,1-4H3,(H,10,11,12);2*1H4. The summed E-state index contributed by atoms with van der Waals surface area (Å²) in [4.78, 5) is 36.6. The molecule has 0 bridgehead atoms. The summed E-state index contributed by atoms with van der Waals surface area (Å²) in [5.41, 5.74) is 3.25. The van der Waals surface area contributed by atoms with Crippen molar-refractivity contribution in [3.05, 3.63) is 54.9 Å². The number of H-pyrrole nitrogens is 2. The zero-order chi connectivity index (χ0) is 18.6. The molecule has 0 fully saturated rings. The van der Waals surface area contributed by atoms with Crippen LogP contribution in [0.3, 0.4) is 0 Å². The number of aromatic nitrogens is 4. The Balaban J connectivity index is 0. The van der Waals surface area contributed by atoms with E-state index in [1.165, 1.54) is 0 Å². The van der Waals surface area contributed by atoms with Gasteiger partial charge in [0.15, 0.2) is 0 Å². The van der Waals surface area contributed by atoms with Crippen LogP contribution in [0.1, 0.15) is 88.5 Å². The van der Waals surface area contributed by atoms with Crippen molar-refractivity contribution >= 4 is 0 Å². The molecule has 26 heavy (non-hydrogen) atoms. The molecule has 2 N–H and O–H groups in total. The molecule has 6 heteroatoms. The first-order chi connectivity index (χ1) is 11.0. The van der Waals surface area contributed by atoms with Crippen LogP contribution < -0.4 is 11.1 Å². The monoisotopic (exact) mass is 364 g/mol. The molecule has 2 aromatic rings. The largest absolute Gasteiger partial charge is 0.311 e. The Morgan fingerprint density at radius 1 is 0.654 bits per heavy atom. The average Bonchev–Trinajstić information content (AvgIpc) is 2.35. The summed E-state index contributed by atoms with van der Waals surface area (Å²) in [7, 11) is 0. The van der Waals surface area contributed by atoms with E-state index >= 15 is 0 Å². The van der Waals surface area contributed by atoms with Crippen LogP contribution in [0.2, 0.25) is 0 Å². The van der Waals surface area contributed by atoms with Gasteiger partial charge < -0.3 is 9.97 Å². The van der Waals surface area contributed by atoms with Gasteiger partial charge in [-0.15, -0.1) is 0 Å². The van der Waals surface area contributed by atoms with E-state index in [4.69, 9.17) is 0 Å². The molecule has 0 aliphatic carbocycles. The molecule has 0 aromatic carbocycles. The van der Waals surface area contributed by atoms with E-state index in [-0.39, 0.29) is 37.8 Å². The SMILES string of the molecule is C.C.Cc1nc(C)c(C(C)C)c(=O)[nH]1.Cc1nc(C)c(C(C)C)c(=O)[nH]1. The van der Waals surface area contributed by atoms with Gasteiger partial charge in [0.25, 0.3) is 11.1 Å². The maximum Gasteiger partial charge on any atom is 0.254 e. The zero-order valence-electron chi connectivity index (χ0n) is 15.9. The number of aromatic amines is 2. The van der Waals surface area contributed by atoms with Gasteiger partial charge in [-0.1, -0.05) is 42.5 Å². The third kappa shape index (κ3) is 6.58. The Morgan fingerprint density at radius 3 is 1.12 bits per heavy atom. The summed E-state index contributed by atoms with van der Waals surface area (Å²) >= 11 is 0. The topological polar surface area (TPSA) is 91.5 Å². The molecule has 0 radical (unpaired) electrons. The molecule has 0 unspecified atom stereocenters. The Kier molecular flexibility index (Phi) is 10.7. The molecule has 0 aliphatic heterocycles. The molecule has 0 saturated heterocycles. The Labute approximate surface area is 157 Å². The number of rotatable bonds is 2. The number of hydrogen-bond donors (Lipinski definition) is 2. The number of hydrogen-bond acceptors (Lipinski definition) is 4. The highest BCUT2D eigenvalue weighted by atomic mass is 16.1. The summed E-state index contributed by atoms with van der Waals surface area (Å²) in [6.07, 6.45) is 0. The first-order valence-electron chi connectivity index (χ1n) is 8.19. The van der Waals surface area contributed by atoms with Gasteiger partial charge in [0, 0.05) is 22.5 Å². The van der Waals surface area contributed by atoms with E-state index in [0.29, 0.717) is 11.6 Å². The van der Waals surface area contributed by atoms with Gasteiger partial charge in [0.05, 0.1) is 0 Å². The Bertz CT molecular complexity index is 748. The van der Waals surface area contributed by atoms with Crippen molar-refractivity contribution in [2.75, 3.05) is 0 Å². The van der Waals surface area contributed by atoms with Gasteiger partial charge in [-0.2, -0.15) is 0 Å². The molecule has 0 aliphatic rings. The van der Waals surface area contributed by atoms with Crippen LogP contribution in [0.25, 0.3) is 0 Å². The predicted molar refractivity (Wildman–Crippen MR) is 110 cm³/mol. The summed E-state index contributed by atoms with van der Waals surface area (Å²) in [6.45, 7) is 15.3. The molecule has 2 heterocycles. The van der Waals surface area contributed by atoms with Gasteiger partial charge in [-0.3, -0.25) is 9.59 Å². The second-order valence-electron chi connectivity index (χ2n) is 6.61. The lowest BCUT2D eigenvalue weighted by molar-refractivity contribution is 0.800. The number of nitrogens with zero attached hydrogens (tertiary/aromatic N) is 2. The van der Waals surface area contributed by atoms with E-state index in [1.807, 2.05) is 41.5 Å². The van der Waals surface area contributed by atoms with Crippen molar-refractivity contribution in [2.24, 2.45) is 0 Å². The highest BCUT2D eigenvalue weighted by Crippen LogP contribution is 2.12. The van der Waals surface area contributed by atoms with Crippen molar-refractivity contribution in [3.63, 3.8) is 0 Å². The van der Waals surface area contributed by atoms with Crippen molar-refractivity contribution in [1.82, 2.24) is 19.9 Å². The first-order valence-corrected chi connectivity index (χ1v) is 8.19. The van der Waals surface area contributed by atoms with E-state index in [2.05, 4.69) is 19.9 Å². The lowest BCUT2D eigenvalue weighted by atomic mass is 10.0. The minimum Gasteiger partial charge on any atom is -0.311 e. The maximum absolute atomic E-state index is 11.4. The van der Waals surface area contributed by atoms with Gasteiger partial charge in [0.1, 0.15) is 11.6 Å². The van der Waals surface area contributed by atoms with Crippen LogP contribution in [-0.4, -0.2) is 19.9 Å². The molecule has 0 spiro atoms. The van der Waals surface area contributed by atoms with Gasteiger partial charge in [-0.25, -0.2) is 9.97 Å². The predicted octanol–water partition coefficient (Wildman–Crippen LogP) is 4.29.